The van der Waals surface area contributed by atoms with Crippen LogP contribution in [0.25, 0.3) is 0 Å². The van der Waals surface area contributed by atoms with Crippen LogP contribution >= 0.6 is 31.9 Å². The summed E-state index contributed by atoms with van der Waals surface area (Å²) in [5.41, 5.74) is 8.36. The molecule has 110 valence electrons. The van der Waals surface area contributed by atoms with Crippen LogP contribution in [0.15, 0.2) is 39.3 Å². The Hall–Kier alpha value is -1.53. The molecule has 0 aromatic heterocycles. The van der Waals surface area contributed by atoms with Crippen molar-refractivity contribution in [3.05, 3.63) is 50.4 Å². The minimum absolute atomic E-state index is 0.295. The van der Waals surface area contributed by atoms with Crippen LogP contribution in [-0.2, 0) is 0 Å². The SMILES string of the molecule is COc1cccc(C(=O)Nc2c(Br)cc(C)cc2Br)c1N. The normalized spacial score (nSPS) is 10.3. The molecular formula is C15H14Br2N2O2. The molecule has 4 nitrogen and oxygen atoms in total. The molecule has 1 amide bonds. The highest BCUT2D eigenvalue weighted by atomic mass is 79.9. The Morgan fingerprint density at radius 3 is 2.43 bits per heavy atom. The fourth-order valence-corrected chi connectivity index (χ4v) is 3.53. The van der Waals surface area contributed by atoms with E-state index in [0.29, 0.717) is 22.7 Å². The van der Waals surface area contributed by atoms with E-state index in [1.807, 2.05) is 19.1 Å². The number of anilines is 2. The van der Waals surface area contributed by atoms with Crippen LogP contribution in [0.3, 0.4) is 0 Å². The van der Waals surface area contributed by atoms with Gasteiger partial charge < -0.3 is 15.8 Å². The number of carbonyl (C=O) groups is 1. The first-order valence-corrected chi connectivity index (χ1v) is 7.72. The van der Waals surface area contributed by atoms with Crippen LogP contribution in [0.2, 0.25) is 0 Å². The van der Waals surface area contributed by atoms with Gasteiger partial charge in [-0.05, 0) is 68.6 Å². The van der Waals surface area contributed by atoms with Gasteiger partial charge >= 0.3 is 0 Å². The summed E-state index contributed by atoms with van der Waals surface area (Å²) in [5.74, 6) is 0.182. The molecule has 0 fully saturated rings. The van der Waals surface area contributed by atoms with Crippen molar-refractivity contribution in [3.63, 3.8) is 0 Å². The Morgan fingerprint density at radius 2 is 1.86 bits per heavy atom. The molecule has 21 heavy (non-hydrogen) atoms. The quantitative estimate of drug-likeness (QED) is 0.734. The van der Waals surface area contributed by atoms with Gasteiger partial charge in [0.2, 0.25) is 0 Å². The van der Waals surface area contributed by atoms with Crippen LogP contribution in [0, 0.1) is 6.92 Å². The summed E-state index contributed by atoms with van der Waals surface area (Å²) >= 11 is 6.89. The number of benzene rings is 2. The van der Waals surface area contributed by atoms with E-state index in [0.717, 1.165) is 14.5 Å². The third-order valence-corrected chi connectivity index (χ3v) is 4.21. The lowest BCUT2D eigenvalue weighted by molar-refractivity contribution is 0.102. The summed E-state index contributed by atoms with van der Waals surface area (Å²) in [4.78, 5) is 12.4. The van der Waals surface area contributed by atoms with E-state index in [2.05, 4.69) is 37.2 Å². The van der Waals surface area contributed by atoms with Crippen LogP contribution in [0.4, 0.5) is 11.4 Å². The van der Waals surface area contributed by atoms with Crippen molar-refractivity contribution in [2.75, 3.05) is 18.2 Å². The van der Waals surface area contributed by atoms with Crippen LogP contribution < -0.4 is 15.8 Å². The van der Waals surface area contributed by atoms with E-state index in [9.17, 15) is 4.79 Å². The van der Waals surface area contributed by atoms with Gasteiger partial charge in [-0.25, -0.2) is 0 Å². The van der Waals surface area contributed by atoms with Crippen LogP contribution in [0.1, 0.15) is 15.9 Å². The highest BCUT2D eigenvalue weighted by Crippen LogP contribution is 2.33. The molecule has 2 aromatic rings. The van der Waals surface area contributed by atoms with Crippen molar-refractivity contribution < 1.29 is 9.53 Å². The summed E-state index contributed by atoms with van der Waals surface area (Å²) in [7, 11) is 1.51. The number of hydrogen-bond donors (Lipinski definition) is 2. The first kappa shape index (κ1) is 15.9. The van der Waals surface area contributed by atoms with Crippen LogP contribution in [0.5, 0.6) is 5.75 Å². The van der Waals surface area contributed by atoms with Gasteiger partial charge in [0.05, 0.1) is 24.0 Å². The molecule has 2 aromatic carbocycles. The number of ether oxygens (including phenoxy) is 1. The predicted molar refractivity (Wildman–Crippen MR) is 91.9 cm³/mol. The molecule has 0 atom stereocenters. The van der Waals surface area contributed by atoms with Crippen molar-refractivity contribution in [2.45, 2.75) is 6.92 Å². The van der Waals surface area contributed by atoms with E-state index in [-0.39, 0.29) is 5.91 Å². The summed E-state index contributed by atoms with van der Waals surface area (Å²) < 4.78 is 6.72. The number of amides is 1. The van der Waals surface area contributed by atoms with E-state index in [4.69, 9.17) is 10.5 Å². The summed E-state index contributed by atoms with van der Waals surface area (Å²) in [5, 5.41) is 2.85. The maximum absolute atomic E-state index is 12.4. The molecule has 0 aliphatic rings. The zero-order valence-corrected chi connectivity index (χ0v) is 14.7. The maximum atomic E-state index is 12.4. The Morgan fingerprint density at radius 1 is 1.24 bits per heavy atom. The molecule has 6 heteroatoms. The summed E-state index contributed by atoms with van der Waals surface area (Å²) in [6.07, 6.45) is 0. The molecule has 0 aliphatic heterocycles. The Bertz CT molecular complexity index is 679. The number of methoxy groups -OCH3 is 1. The number of halogens is 2. The second-order valence-electron chi connectivity index (χ2n) is 4.48. The van der Waals surface area contributed by atoms with Gasteiger partial charge in [-0.3, -0.25) is 4.79 Å². The van der Waals surface area contributed by atoms with Crippen molar-refractivity contribution in [3.8, 4) is 5.75 Å². The Labute approximate surface area is 139 Å². The minimum atomic E-state index is -0.295. The zero-order valence-electron chi connectivity index (χ0n) is 11.5. The highest BCUT2D eigenvalue weighted by Gasteiger charge is 2.16. The number of rotatable bonds is 3. The molecular weight excluding hydrogens is 400 g/mol. The Balaban J connectivity index is 2.35. The molecule has 0 heterocycles. The molecule has 0 radical (unpaired) electrons. The average molecular weight is 414 g/mol. The number of nitrogens with one attached hydrogen (secondary N) is 1. The van der Waals surface area contributed by atoms with Crippen molar-refractivity contribution in [2.24, 2.45) is 0 Å². The molecule has 0 bridgehead atoms. The highest BCUT2D eigenvalue weighted by molar-refractivity contribution is 9.11. The van der Waals surface area contributed by atoms with Crippen LogP contribution in [-0.4, -0.2) is 13.0 Å². The molecule has 3 N–H and O–H groups in total. The van der Waals surface area contributed by atoms with Gasteiger partial charge in [-0.15, -0.1) is 0 Å². The lowest BCUT2D eigenvalue weighted by atomic mass is 10.1. The number of nitrogens with two attached hydrogens (primary N) is 1. The zero-order chi connectivity index (χ0) is 15.6. The molecule has 2 rings (SSSR count). The maximum Gasteiger partial charge on any atom is 0.257 e. The Kier molecular flexibility index (Phi) is 4.90. The number of nitrogen functional groups attached to an aromatic ring is 1. The topological polar surface area (TPSA) is 64.3 Å². The fraction of sp³-hybridized carbons (Fsp3) is 0.133. The smallest absolute Gasteiger partial charge is 0.257 e. The van der Waals surface area contributed by atoms with Gasteiger partial charge in [0.1, 0.15) is 5.75 Å². The van der Waals surface area contributed by atoms with Gasteiger partial charge in [0.15, 0.2) is 0 Å². The fourth-order valence-electron chi connectivity index (χ4n) is 1.92. The largest absolute Gasteiger partial charge is 0.495 e. The minimum Gasteiger partial charge on any atom is -0.495 e. The standard InChI is InChI=1S/C15H14Br2N2O2/c1-8-6-10(16)14(11(17)7-8)19-15(20)9-4-3-5-12(21-2)13(9)18/h3-7H,18H2,1-2H3,(H,19,20). The van der Waals surface area contributed by atoms with E-state index >= 15 is 0 Å². The second-order valence-corrected chi connectivity index (χ2v) is 6.19. The lowest BCUT2D eigenvalue weighted by Gasteiger charge is -2.13. The van der Waals surface area contributed by atoms with Gasteiger partial charge in [0.25, 0.3) is 5.91 Å². The van der Waals surface area contributed by atoms with Crippen molar-refractivity contribution >= 4 is 49.1 Å². The molecule has 0 saturated heterocycles. The van der Waals surface area contributed by atoms with Gasteiger partial charge in [-0.1, -0.05) is 6.07 Å². The average Bonchev–Trinajstić information content (AvgIpc) is 2.42. The lowest BCUT2D eigenvalue weighted by Crippen LogP contribution is -2.15. The third kappa shape index (κ3) is 3.39. The first-order chi connectivity index (χ1) is 9.93. The van der Waals surface area contributed by atoms with Crippen molar-refractivity contribution in [1.82, 2.24) is 0 Å². The molecule has 0 aliphatic carbocycles. The number of hydrogen-bond acceptors (Lipinski definition) is 3. The van der Waals surface area contributed by atoms with E-state index in [1.54, 1.807) is 18.2 Å². The van der Waals surface area contributed by atoms with E-state index in [1.165, 1.54) is 7.11 Å². The monoisotopic (exact) mass is 412 g/mol. The predicted octanol–water partition coefficient (Wildman–Crippen LogP) is 4.36. The molecule has 0 saturated carbocycles. The van der Waals surface area contributed by atoms with Gasteiger partial charge in [0, 0.05) is 8.95 Å². The summed E-state index contributed by atoms with van der Waals surface area (Å²) in [6.45, 7) is 1.97. The first-order valence-electron chi connectivity index (χ1n) is 6.13. The number of para-hydroxylation sites is 1. The second kappa shape index (κ2) is 6.49. The van der Waals surface area contributed by atoms with Gasteiger partial charge in [-0.2, -0.15) is 0 Å². The molecule has 0 unspecified atom stereocenters. The third-order valence-electron chi connectivity index (χ3n) is 2.96. The summed E-state index contributed by atoms with van der Waals surface area (Å²) in [6, 6.07) is 8.95. The molecule has 0 spiro atoms. The number of aryl methyl sites for hydroxylation is 1. The number of carbonyl (C=O) groups excluding carboxylic acids is 1. The van der Waals surface area contributed by atoms with E-state index < -0.39 is 0 Å². The van der Waals surface area contributed by atoms with Crippen molar-refractivity contribution in [1.29, 1.82) is 0 Å².